The van der Waals surface area contributed by atoms with Crippen LogP contribution in [0.4, 0.5) is 0 Å². The molecule has 0 aromatic heterocycles. The second-order valence-electron chi connectivity index (χ2n) is 12.1. The summed E-state index contributed by atoms with van der Waals surface area (Å²) in [6.45, 7) is 1.51. The Hall–Kier alpha value is -6.79. The van der Waals surface area contributed by atoms with E-state index in [1.54, 1.807) is 12.2 Å². The van der Waals surface area contributed by atoms with Crippen molar-refractivity contribution in [1.82, 2.24) is 0 Å². The van der Waals surface area contributed by atoms with E-state index in [-0.39, 0.29) is 11.5 Å². The van der Waals surface area contributed by atoms with Crippen LogP contribution in [0.5, 0.6) is 23.0 Å². The topological polar surface area (TPSA) is 74.2 Å². The molecule has 0 heterocycles. The van der Waals surface area contributed by atoms with Gasteiger partial charge in [0.25, 0.3) is 0 Å². The smallest absolute Gasteiger partial charge is 0.182 e. The molecule has 0 bridgehead atoms. The van der Waals surface area contributed by atoms with Crippen molar-refractivity contribution < 1.29 is 28.8 Å². The predicted molar refractivity (Wildman–Crippen MR) is 210 cm³/mol. The van der Waals surface area contributed by atoms with Crippen LogP contribution in [-0.4, -0.2) is 10.9 Å². The third-order valence-corrected chi connectivity index (χ3v) is 8.06. The lowest BCUT2D eigenvalue weighted by Crippen LogP contribution is -2.01. The van der Waals surface area contributed by atoms with Crippen molar-refractivity contribution >= 4 is 17.9 Å². The molecule has 6 heteroatoms. The summed E-state index contributed by atoms with van der Waals surface area (Å²) in [5, 5.41) is 10.6. The van der Waals surface area contributed by atoms with Gasteiger partial charge in [0, 0.05) is 6.08 Å². The van der Waals surface area contributed by atoms with E-state index in [4.69, 9.17) is 18.9 Å². The van der Waals surface area contributed by atoms with Crippen LogP contribution < -0.4 is 18.9 Å². The molecule has 0 radical (unpaired) electrons. The first-order valence-corrected chi connectivity index (χ1v) is 17.3. The lowest BCUT2D eigenvalue weighted by Gasteiger charge is -2.14. The number of hydrogen-bond acceptors (Lipinski definition) is 6. The second-order valence-corrected chi connectivity index (χ2v) is 12.1. The largest absolute Gasteiger partial charge is 0.508 e. The quantitative estimate of drug-likeness (QED) is 0.0580. The molecule has 6 aromatic rings. The highest BCUT2D eigenvalue weighted by Crippen LogP contribution is 2.32. The molecule has 0 aliphatic rings. The van der Waals surface area contributed by atoms with Gasteiger partial charge < -0.3 is 24.1 Å². The Labute approximate surface area is 310 Å². The highest BCUT2D eigenvalue weighted by atomic mass is 16.5. The van der Waals surface area contributed by atoms with Crippen LogP contribution in [-0.2, 0) is 31.2 Å². The molecule has 0 unspecified atom stereocenters. The van der Waals surface area contributed by atoms with E-state index >= 15 is 0 Å². The highest BCUT2D eigenvalue weighted by molar-refractivity contribution is 6.02. The fourth-order valence-corrected chi connectivity index (χ4v) is 5.26. The van der Waals surface area contributed by atoms with Gasteiger partial charge in [0.1, 0.15) is 32.2 Å². The van der Waals surface area contributed by atoms with Crippen LogP contribution >= 0.6 is 0 Å². The molecule has 0 aliphatic heterocycles. The average Bonchev–Trinajstić information content (AvgIpc) is 3.21. The SMILES string of the molecule is O=C(/C=C(O)/C=C/c1ccc(OCc2ccccc2)c(OCc2ccccc2)c1)/C=C/c1ccc(OCc2ccccc2)c(OCc2ccccc2)c1. The molecule has 6 rings (SSSR count). The zero-order valence-corrected chi connectivity index (χ0v) is 29.2. The van der Waals surface area contributed by atoms with Crippen molar-refractivity contribution in [2.24, 2.45) is 0 Å². The van der Waals surface area contributed by atoms with Gasteiger partial charge in [-0.25, -0.2) is 0 Å². The Balaban J connectivity index is 1.12. The minimum absolute atomic E-state index is 0.188. The number of aliphatic hydroxyl groups excluding tert-OH is 1. The summed E-state index contributed by atoms with van der Waals surface area (Å²) in [7, 11) is 0. The minimum atomic E-state index is -0.375. The average molecular weight is 701 g/mol. The number of rotatable bonds is 17. The Morgan fingerprint density at radius 1 is 0.434 bits per heavy atom. The monoisotopic (exact) mass is 700 g/mol. The van der Waals surface area contributed by atoms with E-state index in [2.05, 4.69) is 0 Å². The van der Waals surface area contributed by atoms with Crippen LogP contribution in [0.25, 0.3) is 12.2 Å². The molecule has 0 atom stereocenters. The van der Waals surface area contributed by atoms with Crippen LogP contribution in [0.3, 0.4) is 0 Å². The van der Waals surface area contributed by atoms with E-state index in [0.717, 1.165) is 33.4 Å². The van der Waals surface area contributed by atoms with Crippen LogP contribution in [0, 0.1) is 0 Å². The predicted octanol–water partition coefficient (Wildman–Crippen LogP) is 10.7. The third-order valence-electron chi connectivity index (χ3n) is 8.06. The van der Waals surface area contributed by atoms with E-state index in [1.807, 2.05) is 158 Å². The van der Waals surface area contributed by atoms with Gasteiger partial charge in [0.2, 0.25) is 0 Å². The summed E-state index contributed by atoms with van der Waals surface area (Å²) in [5.41, 5.74) is 5.64. The number of benzene rings is 6. The van der Waals surface area contributed by atoms with Gasteiger partial charge in [-0.1, -0.05) is 146 Å². The van der Waals surface area contributed by atoms with Crippen molar-refractivity contribution in [3.8, 4) is 23.0 Å². The number of carbonyl (C=O) groups excluding carboxylic acids is 1. The van der Waals surface area contributed by atoms with E-state index in [1.165, 1.54) is 18.2 Å². The summed E-state index contributed by atoms with van der Waals surface area (Å²) in [5.74, 6) is 1.77. The number of carbonyl (C=O) groups is 1. The first kappa shape index (κ1) is 36.0. The molecule has 6 aromatic carbocycles. The van der Waals surface area contributed by atoms with Gasteiger partial charge in [-0.3, -0.25) is 4.79 Å². The molecular weight excluding hydrogens is 661 g/mol. The van der Waals surface area contributed by atoms with Gasteiger partial charge in [0.05, 0.1) is 0 Å². The summed E-state index contributed by atoms with van der Waals surface area (Å²) in [6, 6.07) is 50.7. The number of allylic oxidation sites excluding steroid dienone is 3. The van der Waals surface area contributed by atoms with Crippen molar-refractivity contribution in [2.75, 3.05) is 0 Å². The van der Waals surface area contributed by atoms with Crippen molar-refractivity contribution in [2.45, 2.75) is 26.4 Å². The highest BCUT2D eigenvalue weighted by Gasteiger charge is 2.10. The lowest BCUT2D eigenvalue weighted by atomic mass is 10.1. The summed E-state index contributed by atoms with van der Waals surface area (Å²) in [4.78, 5) is 12.8. The standard InChI is InChI=1S/C47H40O6/c48-42(25-21-36-23-27-44(50-32-38-13-5-1-6-14-38)46(29-36)52-34-40-17-9-3-10-18-40)31-43(49)26-22-37-24-28-45(51-33-39-15-7-2-8-16-39)47(30-37)53-35-41-19-11-4-12-20-41/h1-31,48H,32-35H2/b25-21+,26-22+,42-31-. The molecule has 264 valence electrons. The molecule has 0 fully saturated rings. The van der Waals surface area contributed by atoms with Crippen LogP contribution in [0.2, 0.25) is 0 Å². The minimum Gasteiger partial charge on any atom is -0.508 e. The van der Waals surface area contributed by atoms with Crippen molar-refractivity contribution in [1.29, 1.82) is 0 Å². The molecule has 1 N–H and O–H groups in total. The molecule has 0 saturated heterocycles. The molecular formula is C47H40O6. The molecule has 0 spiro atoms. The number of aliphatic hydroxyl groups is 1. The zero-order valence-electron chi connectivity index (χ0n) is 29.2. The maximum absolute atomic E-state index is 12.8. The van der Waals surface area contributed by atoms with Crippen molar-refractivity contribution in [3.05, 3.63) is 215 Å². The number of hydrogen-bond donors (Lipinski definition) is 1. The first-order chi connectivity index (χ1) is 26.1. The second kappa shape index (κ2) is 19.0. The third kappa shape index (κ3) is 11.6. The summed E-state index contributed by atoms with van der Waals surface area (Å²) in [6.07, 6.45) is 7.43. The van der Waals surface area contributed by atoms with Crippen molar-refractivity contribution in [3.63, 3.8) is 0 Å². The van der Waals surface area contributed by atoms with E-state index in [0.29, 0.717) is 49.4 Å². The fraction of sp³-hybridized carbons (Fsp3) is 0.0851. The number of ketones is 1. The summed E-state index contributed by atoms with van der Waals surface area (Å²) >= 11 is 0. The Morgan fingerprint density at radius 3 is 1.15 bits per heavy atom. The molecule has 53 heavy (non-hydrogen) atoms. The number of ether oxygens (including phenoxy) is 4. The van der Waals surface area contributed by atoms with E-state index < -0.39 is 0 Å². The zero-order chi connectivity index (χ0) is 36.5. The fourth-order valence-electron chi connectivity index (χ4n) is 5.26. The van der Waals surface area contributed by atoms with Gasteiger partial charge in [-0.05, 0) is 69.8 Å². The van der Waals surface area contributed by atoms with Crippen LogP contribution in [0.1, 0.15) is 33.4 Å². The molecule has 0 amide bonds. The Morgan fingerprint density at radius 2 is 0.774 bits per heavy atom. The summed E-state index contributed by atoms with van der Waals surface area (Å²) < 4.78 is 24.5. The molecule has 6 nitrogen and oxygen atoms in total. The molecule has 0 aliphatic carbocycles. The normalized spacial score (nSPS) is 11.4. The Kier molecular flexibility index (Phi) is 12.9. The maximum atomic E-state index is 12.8. The first-order valence-electron chi connectivity index (χ1n) is 17.3. The van der Waals surface area contributed by atoms with E-state index in [9.17, 15) is 9.90 Å². The van der Waals surface area contributed by atoms with Gasteiger partial charge in [-0.15, -0.1) is 0 Å². The molecule has 0 saturated carbocycles. The Bertz CT molecular complexity index is 2140. The lowest BCUT2D eigenvalue weighted by molar-refractivity contribution is -0.110. The van der Waals surface area contributed by atoms with Gasteiger partial charge in [0.15, 0.2) is 28.8 Å². The van der Waals surface area contributed by atoms with Gasteiger partial charge >= 0.3 is 0 Å². The van der Waals surface area contributed by atoms with Gasteiger partial charge in [-0.2, -0.15) is 0 Å². The van der Waals surface area contributed by atoms with Crippen LogP contribution in [0.15, 0.2) is 182 Å². The maximum Gasteiger partial charge on any atom is 0.182 e.